The molecule has 6 heteroatoms. The third-order valence-electron chi connectivity index (χ3n) is 4.07. The number of nitrogens with one attached hydrogen (secondary N) is 1. The van der Waals surface area contributed by atoms with Gasteiger partial charge in [-0.15, -0.1) is 0 Å². The van der Waals surface area contributed by atoms with E-state index >= 15 is 0 Å². The third-order valence-corrected chi connectivity index (χ3v) is 6.10. The number of ether oxygens (including phenoxy) is 1. The first-order valence-corrected chi connectivity index (χ1v) is 9.75. The second-order valence-electron chi connectivity index (χ2n) is 5.94. The Morgan fingerprint density at radius 3 is 2.40 bits per heavy atom. The van der Waals surface area contributed by atoms with Gasteiger partial charge in [0.05, 0.1) is 18.9 Å². The third kappa shape index (κ3) is 5.06. The van der Waals surface area contributed by atoms with E-state index in [1.54, 1.807) is 24.3 Å². The molecular formula is C19H23NO4S. The van der Waals surface area contributed by atoms with Crippen LogP contribution in [0.3, 0.4) is 0 Å². The van der Waals surface area contributed by atoms with Crippen LogP contribution in [0.1, 0.15) is 31.0 Å². The molecule has 134 valence electrons. The normalized spacial score (nSPS) is 13.7. The fraction of sp³-hybridized carbons (Fsp3) is 0.316. The molecule has 0 saturated heterocycles. The zero-order valence-electron chi connectivity index (χ0n) is 14.6. The summed E-state index contributed by atoms with van der Waals surface area (Å²) < 4.78 is 30.2. The van der Waals surface area contributed by atoms with E-state index in [1.807, 2.05) is 37.3 Å². The maximum atomic E-state index is 12.6. The van der Waals surface area contributed by atoms with Crippen molar-refractivity contribution in [2.75, 3.05) is 7.11 Å². The Kier molecular flexibility index (Phi) is 6.20. The Hall–Kier alpha value is -2.34. The minimum Gasteiger partial charge on any atom is -0.497 e. The lowest BCUT2D eigenvalue weighted by atomic mass is 10.1. The monoisotopic (exact) mass is 361 g/mol. The van der Waals surface area contributed by atoms with Crippen LogP contribution in [0.2, 0.25) is 0 Å². The molecule has 0 fully saturated rings. The molecule has 1 N–H and O–H groups in total. The summed E-state index contributed by atoms with van der Waals surface area (Å²) in [6.45, 7) is 3.25. The predicted octanol–water partition coefficient (Wildman–Crippen LogP) is 2.88. The van der Waals surface area contributed by atoms with E-state index in [2.05, 4.69) is 5.32 Å². The SMILES string of the molecule is COc1cccc(CS(=O)(=O)C(C)C(=O)NC(C)c2ccccc2)c1. The van der Waals surface area contributed by atoms with Crippen LogP contribution in [0, 0.1) is 0 Å². The van der Waals surface area contributed by atoms with Gasteiger partial charge in [-0.1, -0.05) is 42.5 Å². The lowest BCUT2D eigenvalue weighted by Gasteiger charge is -2.18. The zero-order valence-corrected chi connectivity index (χ0v) is 15.4. The highest BCUT2D eigenvalue weighted by molar-refractivity contribution is 7.92. The lowest BCUT2D eigenvalue weighted by molar-refractivity contribution is -0.121. The molecule has 2 unspecified atom stereocenters. The van der Waals surface area contributed by atoms with Gasteiger partial charge < -0.3 is 10.1 Å². The first-order valence-electron chi connectivity index (χ1n) is 8.03. The smallest absolute Gasteiger partial charge is 0.238 e. The zero-order chi connectivity index (χ0) is 18.4. The summed E-state index contributed by atoms with van der Waals surface area (Å²) >= 11 is 0. The second kappa shape index (κ2) is 8.16. The van der Waals surface area contributed by atoms with Crippen molar-refractivity contribution in [3.8, 4) is 5.75 Å². The number of carbonyl (C=O) groups excluding carboxylic acids is 1. The number of sulfone groups is 1. The molecule has 2 aromatic carbocycles. The van der Waals surface area contributed by atoms with Gasteiger partial charge in [-0.05, 0) is 37.1 Å². The lowest BCUT2D eigenvalue weighted by Crippen LogP contribution is -2.39. The van der Waals surface area contributed by atoms with Gasteiger partial charge in [-0.3, -0.25) is 4.79 Å². The Bertz CT molecular complexity index is 818. The fourth-order valence-corrected chi connectivity index (χ4v) is 3.73. The quantitative estimate of drug-likeness (QED) is 0.823. The summed E-state index contributed by atoms with van der Waals surface area (Å²) in [5.74, 6) is -0.125. The fourth-order valence-electron chi connectivity index (χ4n) is 2.44. The van der Waals surface area contributed by atoms with Gasteiger partial charge >= 0.3 is 0 Å². The highest BCUT2D eigenvalue weighted by Crippen LogP contribution is 2.18. The van der Waals surface area contributed by atoms with Gasteiger partial charge in [0.25, 0.3) is 0 Å². The second-order valence-corrected chi connectivity index (χ2v) is 8.26. The topological polar surface area (TPSA) is 72.5 Å². The highest BCUT2D eigenvalue weighted by atomic mass is 32.2. The number of methoxy groups -OCH3 is 1. The summed E-state index contributed by atoms with van der Waals surface area (Å²) in [4.78, 5) is 12.4. The van der Waals surface area contributed by atoms with E-state index in [0.717, 1.165) is 5.56 Å². The van der Waals surface area contributed by atoms with E-state index in [9.17, 15) is 13.2 Å². The summed E-state index contributed by atoms with van der Waals surface area (Å²) in [6.07, 6.45) is 0. The number of carbonyl (C=O) groups is 1. The minimum absolute atomic E-state index is 0.210. The molecule has 0 aromatic heterocycles. The first kappa shape index (κ1) is 19.0. The van der Waals surface area contributed by atoms with Crippen LogP contribution in [0.15, 0.2) is 54.6 Å². The summed E-state index contributed by atoms with van der Waals surface area (Å²) in [5, 5.41) is 1.63. The van der Waals surface area contributed by atoms with Crippen molar-refractivity contribution in [3.05, 3.63) is 65.7 Å². The van der Waals surface area contributed by atoms with Crippen LogP contribution in [0.25, 0.3) is 0 Å². The Morgan fingerprint density at radius 1 is 1.08 bits per heavy atom. The van der Waals surface area contributed by atoms with Crippen molar-refractivity contribution in [1.29, 1.82) is 0 Å². The molecule has 0 spiro atoms. The van der Waals surface area contributed by atoms with Crippen LogP contribution in [-0.2, 0) is 20.4 Å². The van der Waals surface area contributed by atoms with E-state index < -0.39 is 21.0 Å². The average molecular weight is 361 g/mol. The maximum Gasteiger partial charge on any atom is 0.238 e. The van der Waals surface area contributed by atoms with Crippen LogP contribution < -0.4 is 10.1 Å². The molecule has 0 heterocycles. The van der Waals surface area contributed by atoms with Crippen LogP contribution in [-0.4, -0.2) is 26.7 Å². The molecule has 2 rings (SSSR count). The standard InChI is InChI=1S/C19H23NO4S/c1-14(17-9-5-4-6-10-17)20-19(21)15(2)25(22,23)13-16-8-7-11-18(12-16)24-3/h4-12,14-15H,13H2,1-3H3,(H,20,21). The molecule has 1 amide bonds. The Balaban J connectivity index is 2.06. The largest absolute Gasteiger partial charge is 0.497 e. The molecule has 25 heavy (non-hydrogen) atoms. The Morgan fingerprint density at radius 2 is 1.76 bits per heavy atom. The van der Waals surface area contributed by atoms with Crippen LogP contribution in [0.4, 0.5) is 0 Å². The van der Waals surface area contributed by atoms with Gasteiger partial charge in [-0.25, -0.2) is 8.42 Å². The molecule has 2 atom stereocenters. The summed E-state index contributed by atoms with van der Waals surface area (Å²) in [6, 6.07) is 16.0. The van der Waals surface area contributed by atoms with Crippen LogP contribution >= 0.6 is 0 Å². The molecule has 0 radical (unpaired) electrons. The average Bonchev–Trinajstić information content (AvgIpc) is 2.61. The minimum atomic E-state index is -3.63. The Labute approximate surface area is 148 Å². The first-order chi connectivity index (χ1) is 11.8. The highest BCUT2D eigenvalue weighted by Gasteiger charge is 2.29. The molecule has 5 nitrogen and oxygen atoms in total. The van der Waals surface area contributed by atoms with E-state index in [-0.39, 0.29) is 11.8 Å². The van der Waals surface area contributed by atoms with Crippen molar-refractivity contribution in [3.63, 3.8) is 0 Å². The molecule has 0 saturated carbocycles. The van der Waals surface area contributed by atoms with Crippen molar-refractivity contribution < 1.29 is 17.9 Å². The van der Waals surface area contributed by atoms with Gasteiger partial charge in [0.15, 0.2) is 9.84 Å². The van der Waals surface area contributed by atoms with Gasteiger partial charge in [-0.2, -0.15) is 0 Å². The van der Waals surface area contributed by atoms with Crippen molar-refractivity contribution in [1.82, 2.24) is 5.32 Å². The summed E-state index contributed by atoms with van der Waals surface area (Å²) in [7, 11) is -2.11. The van der Waals surface area contributed by atoms with Crippen molar-refractivity contribution in [2.45, 2.75) is 30.9 Å². The number of rotatable bonds is 7. The molecule has 0 bridgehead atoms. The van der Waals surface area contributed by atoms with Crippen LogP contribution in [0.5, 0.6) is 5.75 Å². The number of benzene rings is 2. The van der Waals surface area contributed by atoms with Crippen molar-refractivity contribution >= 4 is 15.7 Å². The maximum absolute atomic E-state index is 12.6. The number of amides is 1. The van der Waals surface area contributed by atoms with E-state index in [4.69, 9.17) is 4.74 Å². The van der Waals surface area contributed by atoms with Crippen molar-refractivity contribution in [2.24, 2.45) is 0 Å². The van der Waals surface area contributed by atoms with Gasteiger partial charge in [0.2, 0.25) is 5.91 Å². The van der Waals surface area contributed by atoms with E-state index in [0.29, 0.717) is 11.3 Å². The molecule has 0 aliphatic carbocycles. The van der Waals surface area contributed by atoms with E-state index in [1.165, 1.54) is 14.0 Å². The molecule has 0 aliphatic heterocycles. The van der Waals surface area contributed by atoms with Gasteiger partial charge in [0, 0.05) is 0 Å². The predicted molar refractivity (Wildman–Crippen MR) is 98.1 cm³/mol. The molecule has 0 aliphatic rings. The van der Waals surface area contributed by atoms with Gasteiger partial charge in [0.1, 0.15) is 11.0 Å². The molecule has 2 aromatic rings. The summed E-state index contributed by atoms with van der Waals surface area (Å²) in [5.41, 5.74) is 1.52. The molecular weight excluding hydrogens is 338 g/mol. The number of hydrogen-bond acceptors (Lipinski definition) is 4. The number of hydrogen-bond donors (Lipinski definition) is 1.